The summed E-state index contributed by atoms with van der Waals surface area (Å²) in [6.45, 7) is 4.52. The molecule has 0 spiro atoms. The summed E-state index contributed by atoms with van der Waals surface area (Å²) in [6.07, 6.45) is 2.67. The number of rotatable bonds is 4. The summed E-state index contributed by atoms with van der Waals surface area (Å²) in [7, 11) is 0. The molecule has 0 aliphatic heterocycles. The molecule has 2 amide bonds. The number of nitrogens with one attached hydrogen (secondary N) is 2. The predicted octanol–water partition coefficient (Wildman–Crippen LogP) is 1.39. The molecule has 14 heavy (non-hydrogen) atoms. The average molecular weight is 213 g/mol. The Kier molecular flexibility index (Phi) is 4.39. The minimum Gasteiger partial charge on any atom is -0.338 e. The van der Waals surface area contributed by atoms with Gasteiger partial charge < -0.3 is 10.6 Å². The topological polar surface area (TPSA) is 54.0 Å². The first-order valence-electron chi connectivity index (χ1n) is 4.60. The van der Waals surface area contributed by atoms with Crippen LogP contribution in [0.25, 0.3) is 0 Å². The molecular formula is C9H15N3OS. The van der Waals surface area contributed by atoms with Crippen LogP contribution in [0.3, 0.4) is 0 Å². The second-order valence-corrected chi connectivity index (χ2v) is 4.24. The van der Waals surface area contributed by atoms with Gasteiger partial charge in [-0.3, -0.25) is 4.98 Å². The van der Waals surface area contributed by atoms with E-state index in [1.807, 2.05) is 20.0 Å². The third kappa shape index (κ3) is 4.23. The quantitative estimate of drug-likeness (QED) is 0.794. The van der Waals surface area contributed by atoms with Crippen LogP contribution in [-0.2, 0) is 6.42 Å². The summed E-state index contributed by atoms with van der Waals surface area (Å²) < 4.78 is 0. The number of aromatic nitrogens is 1. The first-order valence-corrected chi connectivity index (χ1v) is 5.48. The highest BCUT2D eigenvalue weighted by Crippen LogP contribution is 2.04. The Morgan fingerprint density at radius 3 is 3.00 bits per heavy atom. The number of hydrogen-bond acceptors (Lipinski definition) is 3. The third-order valence-electron chi connectivity index (χ3n) is 1.56. The second-order valence-electron chi connectivity index (χ2n) is 3.27. The molecule has 0 saturated heterocycles. The molecule has 1 aromatic heterocycles. The monoisotopic (exact) mass is 213 g/mol. The van der Waals surface area contributed by atoms with Crippen molar-refractivity contribution in [1.29, 1.82) is 0 Å². The smallest absolute Gasteiger partial charge is 0.314 e. The first kappa shape index (κ1) is 11.0. The maximum absolute atomic E-state index is 11.1. The Morgan fingerprint density at radius 2 is 2.43 bits per heavy atom. The highest BCUT2D eigenvalue weighted by molar-refractivity contribution is 7.09. The summed E-state index contributed by atoms with van der Waals surface area (Å²) in [5.41, 5.74) is 1.80. The van der Waals surface area contributed by atoms with Crippen LogP contribution in [0.2, 0.25) is 0 Å². The summed E-state index contributed by atoms with van der Waals surface area (Å²) in [5, 5.41) is 5.54. The molecule has 1 rings (SSSR count). The molecular weight excluding hydrogens is 198 g/mol. The van der Waals surface area contributed by atoms with Crippen molar-refractivity contribution in [3.8, 4) is 0 Å². The lowest BCUT2D eigenvalue weighted by molar-refractivity contribution is 0.238. The molecule has 5 heteroatoms. The molecule has 0 fully saturated rings. The molecule has 0 bridgehead atoms. The van der Waals surface area contributed by atoms with E-state index in [4.69, 9.17) is 0 Å². The van der Waals surface area contributed by atoms with Gasteiger partial charge in [-0.05, 0) is 13.8 Å². The Balaban J connectivity index is 2.12. The number of thiazole rings is 1. The SMILES string of the molecule is CC(C)NC(=O)NCCc1cncs1. The number of hydrogen-bond donors (Lipinski definition) is 2. The largest absolute Gasteiger partial charge is 0.338 e. The number of urea groups is 1. The molecule has 2 N–H and O–H groups in total. The fourth-order valence-corrected chi connectivity index (χ4v) is 1.58. The zero-order chi connectivity index (χ0) is 10.4. The van der Waals surface area contributed by atoms with Crippen molar-refractivity contribution in [2.24, 2.45) is 0 Å². The van der Waals surface area contributed by atoms with Crippen molar-refractivity contribution in [2.75, 3.05) is 6.54 Å². The molecule has 4 nitrogen and oxygen atoms in total. The lowest BCUT2D eigenvalue weighted by atomic mass is 10.4. The van der Waals surface area contributed by atoms with Gasteiger partial charge in [-0.1, -0.05) is 0 Å². The van der Waals surface area contributed by atoms with Crippen LogP contribution in [0, 0.1) is 0 Å². The van der Waals surface area contributed by atoms with E-state index in [0.717, 1.165) is 6.42 Å². The van der Waals surface area contributed by atoms with E-state index in [9.17, 15) is 4.79 Å². The van der Waals surface area contributed by atoms with E-state index in [-0.39, 0.29) is 12.1 Å². The molecule has 78 valence electrons. The molecule has 0 aliphatic carbocycles. The highest BCUT2D eigenvalue weighted by Gasteiger charge is 2.01. The minimum absolute atomic E-state index is 0.107. The van der Waals surface area contributed by atoms with Crippen LogP contribution in [-0.4, -0.2) is 23.6 Å². The second kappa shape index (κ2) is 5.59. The Morgan fingerprint density at radius 1 is 1.64 bits per heavy atom. The molecule has 0 saturated carbocycles. The Bertz CT molecular complexity index is 272. The first-order chi connectivity index (χ1) is 6.68. The molecule has 0 aromatic carbocycles. The van der Waals surface area contributed by atoms with E-state index < -0.39 is 0 Å². The van der Waals surface area contributed by atoms with Crippen LogP contribution in [0.5, 0.6) is 0 Å². The van der Waals surface area contributed by atoms with Gasteiger partial charge in [-0.25, -0.2) is 4.79 Å². The molecule has 0 aliphatic rings. The third-order valence-corrected chi connectivity index (χ3v) is 2.40. The van der Waals surface area contributed by atoms with Crippen molar-refractivity contribution < 1.29 is 4.79 Å². The van der Waals surface area contributed by atoms with Crippen LogP contribution >= 0.6 is 11.3 Å². The van der Waals surface area contributed by atoms with Gasteiger partial charge in [0.15, 0.2) is 0 Å². The van der Waals surface area contributed by atoms with Crippen molar-refractivity contribution in [2.45, 2.75) is 26.3 Å². The maximum Gasteiger partial charge on any atom is 0.314 e. The minimum atomic E-state index is -0.107. The molecule has 1 aromatic rings. The van der Waals surface area contributed by atoms with Gasteiger partial charge in [0.2, 0.25) is 0 Å². The van der Waals surface area contributed by atoms with Gasteiger partial charge in [0.05, 0.1) is 5.51 Å². The Hall–Kier alpha value is -1.10. The van der Waals surface area contributed by atoms with Crippen molar-refractivity contribution in [3.63, 3.8) is 0 Å². The molecule has 0 atom stereocenters. The maximum atomic E-state index is 11.1. The van der Waals surface area contributed by atoms with Crippen molar-refractivity contribution >= 4 is 17.4 Å². The van der Waals surface area contributed by atoms with Gasteiger partial charge in [0.1, 0.15) is 0 Å². The lowest BCUT2D eigenvalue weighted by Gasteiger charge is -2.09. The summed E-state index contributed by atoms with van der Waals surface area (Å²) >= 11 is 1.61. The number of carbonyl (C=O) groups is 1. The van der Waals surface area contributed by atoms with Crippen LogP contribution < -0.4 is 10.6 Å². The van der Waals surface area contributed by atoms with Crippen LogP contribution in [0.15, 0.2) is 11.7 Å². The standard InChI is InChI=1S/C9H15N3OS/c1-7(2)12-9(13)11-4-3-8-5-10-6-14-8/h5-7H,3-4H2,1-2H3,(H2,11,12,13). The summed E-state index contributed by atoms with van der Waals surface area (Å²) in [4.78, 5) is 16.3. The van der Waals surface area contributed by atoms with Gasteiger partial charge in [0.25, 0.3) is 0 Å². The van der Waals surface area contributed by atoms with Gasteiger partial charge in [0, 0.05) is 30.1 Å². The number of carbonyl (C=O) groups excluding carboxylic acids is 1. The lowest BCUT2D eigenvalue weighted by Crippen LogP contribution is -2.40. The zero-order valence-electron chi connectivity index (χ0n) is 8.41. The molecule has 0 unspecified atom stereocenters. The van der Waals surface area contributed by atoms with Crippen LogP contribution in [0.4, 0.5) is 4.79 Å². The number of amides is 2. The van der Waals surface area contributed by atoms with Gasteiger partial charge in [-0.2, -0.15) is 0 Å². The van der Waals surface area contributed by atoms with Gasteiger partial charge >= 0.3 is 6.03 Å². The van der Waals surface area contributed by atoms with E-state index in [1.165, 1.54) is 4.88 Å². The van der Waals surface area contributed by atoms with Crippen molar-refractivity contribution in [1.82, 2.24) is 15.6 Å². The molecule has 1 heterocycles. The van der Waals surface area contributed by atoms with E-state index in [2.05, 4.69) is 15.6 Å². The summed E-state index contributed by atoms with van der Waals surface area (Å²) in [6, 6.07) is 0.0721. The summed E-state index contributed by atoms with van der Waals surface area (Å²) in [5.74, 6) is 0. The van der Waals surface area contributed by atoms with E-state index >= 15 is 0 Å². The zero-order valence-corrected chi connectivity index (χ0v) is 9.23. The van der Waals surface area contributed by atoms with E-state index in [1.54, 1.807) is 16.8 Å². The fraction of sp³-hybridized carbons (Fsp3) is 0.556. The van der Waals surface area contributed by atoms with Crippen LogP contribution in [0.1, 0.15) is 18.7 Å². The fourth-order valence-electron chi connectivity index (χ4n) is 0.978. The van der Waals surface area contributed by atoms with Crippen molar-refractivity contribution in [3.05, 3.63) is 16.6 Å². The highest BCUT2D eigenvalue weighted by atomic mass is 32.1. The average Bonchev–Trinajstić information content (AvgIpc) is 2.55. The van der Waals surface area contributed by atoms with Gasteiger partial charge in [-0.15, -0.1) is 11.3 Å². The molecule has 0 radical (unpaired) electrons. The normalized spacial score (nSPS) is 10.2. The Labute approximate surface area is 87.7 Å². The predicted molar refractivity (Wildman–Crippen MR) is 57.5 cm³/mol. The number of nitrogens with zero attached hydrogens (tertiary/aromatic N) is 1. The van der Waals surface area contributed by atoms with E-state index in [0.29, 0.717) is 6.54 Å².